The molecule has 162 valence electrons. The molecule has 1 fully saturated rings. The van der Waals surface area contributed by atoms with Crippen molar-refractivity contribution in [1.29, 1.82) is 0 Å². The second-order valence-corrected chi connectivity index (χ2v) is 7.85. The molecule has 0 spiro atoms. The minimum absolute atomic E-state index is 0.0887. The number of aromatic nitrogens is 3. The lowest BCUT2D eigenvalue weighted by Crippen LogP contribution is -2.35. The zero-order valence-electron chi connectivity index (χ0n) is 17.3. The third kappa shape index (κ3) is 4.00. The molecule has 2 aromatic heterocycles. The summed E-state index contributed by atoms with van der Waals surface area (Å²) in [4.78, 5) is 32.3. The smallest absolute Gasteiger partial charge is 0.297 e. The molecule has 2 heterocycles. The van der Waals surface area contributed by atoms with Crippen LogP contribution in [-0.4, -0.2) is 34.8 Å². The minimum atomic E-state index is -0.604. The van der Waals surface area contributed by atoms with Crippen molar-refractivity contribution in [3.05, 3.63) is 63.4 Å². The first kappa shape index (κ1) is 20.9. The van der Waals surface area contributed by atoms with E-state index in [2.05, 4.69) is 15.5 Å². The number of benzene rings is 1. The zero-order valence-corrected chi connectivity index (χ0v) is 18.1. The van der Waals surface area contributed by atoms with E-state index in [0.717, 1.165) is 18.4 Å². The predicted molar refractivity (Wildman–Crippen MR) is 116 cm³/mol. The van der Waals surface area contributed by atoms with Crippen LogP contribution in [-0.2, 0) is 7.05 Å². The second kappa shape index (κ2) is 8.43. The first-order chi connectivity index (χ1) is 14.9. The Balaban J connectivity index is 1.78. The van der Waals surface area contributed by atoms with Crippen molar-refractivity contribution in [3.8, 4) is 5.75 Å². The third-order valence-corrected chi connectivity index (χ3v) is 5.70. The van der Waals surface area contributed by atoms with Gasteiger partial charge in [0.2, 0.25) is 11.7 Å². The summed E-state index contributed by atoms with van der Waals surface area (Å²) in [7, 11) is 4.78. The lowest BCUT2D eigenvalue weighted by atomic mass is 10.0. The lowest BCUT2D eigenvalue weighted by Gasteiger charge is -2.31. The molecular weight excluding hydrogens is 422 g/mol. The average molecular weight is 444 g/mol. The van der Waals surface area contributed by atoms with Gasteiger partial charge >= 0.3 is 0 Å². The Kier molecular flexibility index (Phi) is 5.69. The maximum atomic E-state index is 13.0. The topological polar surface area (TPSA) is 102 Å². The van der Waals surface area contributed by atoms with Gasteiger partial charge < -0.3 is 19.5 Å². The van der Waals surface area contributed by atoms with Gasteiger partial charge in [0, 0.05) is 19.1 Å². The number of anilines is 2. The maximum Gasteiger partial charge on any atom is 0.297 e. The van der Waals surface area contributed by atoms with E-state index in [1.54, 1.807) is 7.05 Å². The molecule has 0 aliphatic heterocycles. The number of hydrogen-bond donors (Lipinski definition) is 1. The van der Waals surface area contributed by atoms with Crippen LogP contribution in [0.3, 0.4) is 0 Å². The van der Waals surface area contributed by atoms with Crippen LogP contribution in [0.25, 0.3) is 0 Å². The normalized spacial score (nSPS) is 14.2. The van der Waals surface area contributed by atoms with Crippen LogP contribution in [0, 0.1) is 5.92 Å². The summed E-state index contributed by atoms with van der Waals surface area (Å²) in [6.07, 6.45) is 4.72. The number of nitrogens with one attached hydrogen (secondary N) is 1. The Morgan fingerprint density at radius 3 is 2.74 bits per heavy atom. The van der Waals surface area contributed by atoms with Crippen LogP contribution in [0.5, 0.6) is 5.75 Å². The van der Waals surface area contributed by atoms with E-state index < -0.39 is 11.5 Å². The highest BCUT2D eigenvalue weighted by atomic mass is 35.5. The van der Waals surface area contributed by atoms with Crippen LogP contribution in [0.15, 0.2) is 46.0 Å². The maximum absolute atomic E-state index is 13.0. The quantitative estimate of drug-likeness (QED) is 0.597. The summed E-state index contributed by atoms with van der Waals surface area (Å²) in [5.74, 6) is -0.0429. The van der Waals surface area contributed by atoms with Crippen LogP contribution >= 0.6 is 11.6 Å². The number of carbonyl (C=O) groups excluding carboxylic acids is 1. The highest BCUT2D eigenvalue weighted by molar-refractivity contribution is 6.31. The van der Waals surface area contributed by atoms with Crippen molar-refractivity contribution in [2.75, 3.05) is 24.4 Å². The van der Waals surface area contributed by atoms with Gasteiger partial charge in [0.25, 0.3) is 11.5 Å². The fourth-order valence-electron chi connectivity index (χ4n) is 3.71. The fourth-order valence-corrected chi connectivity index (χ4v) is 3.96. The van der Waals surface area contributed by atoms with Crippen molar-refractivity contribution in [2.45, 2.75) is 18.9 Å². The Labute approximate surface area is 183 Å². The molecule has 9 nitrogen and oxygen atoms in total. The summed E-state index contributed by atoms with van der Waals surface area (Å²) in [5, 5.41) is 6.81. The SMILES string of the molecule is COc1c(C(=O)Nc2cnoc2)nc(N(C)C(c2ccccc2Cl)C2CC2)n(C)c1=O. The van der Waals surface area contributed by atoms with Gasteiger partial charge in [-0.1, -0.05) is 35.0 Å². The van der Waals surface area contributed by atoms with Crippen molar-refractivity contribution in [1.82, 2.24) is 14.7 Å². The summed E-state index contributed by atoms with van der Waals surface area (Å²) in [6.45, 7) is 0. The number of nitrogens with zero attached hydrogens (tertiary/aromatic N) is 4. The highest BCUT2D eigenvalue weighted by Crippen LogP contribution is 2.46. The Morgan fingerprint density at radius 1 is 1.39 bits per heavy atom. The Morgan fingerprint density at radius 2 is 2.13 bits per heavy atom. The molecule has 4 rings (SSSR count). The number of amides is 1. The van der Waals surface area contributed by atoms with Crippen LogP contribution < -0.4 is 20.5 Å². The van der Waals surface area contributed by atoms with Gasteiger partial charge in [-0.2, -0.15) is 0 Å². The molecule has 1 aromatic carbocycles. The number of ether oxygens (including phenoxy) is 1. The van der Waals surface area contributed by atoms with Gasteiger partial charge in [-0.3, -0.25) is 14.2 Å². The van der Waals surface area contributed by atoms with Crippen molar-refractivity contribution in [2.24, 2.45) is 13.0 Å². The summed E-state index contributed by atoms with van der Waals surface area (Å²) in [5.41, 5.74) is 0.706. The van der Waals surface area contributed by atoms with Gasteiger partial charge in [0.15, 0.2) is 5.69 Å². The van der Waals surface area contributed by atoms with Gasteiger partial charge in [-0.25, -0.2) is 4.98 Å². The van der Waals surface area contributed by atoms with E-state index in [0.29, 0.717) is 22.6 Å². The molecule has 1 unspecified atom stereocenters. The third-order valence-electron chi connectivity index (χ3n) is 5.36. The molecule has 1 saturated carbocycles. The van der Waals surface area contributed by atoms with Crippen LogP contribution in [0.1, 0.15) is 34.9 Å². The molecule has 0 radical (unpaired) electrons. The van der Waals surface area contributed by atoms with E-state index in [9.17, 15) is 9.59 Å². The van der Waals surface area contributed by atoms with E-state index in [4.69, 9.17) is 20.9 Å². The van der Waals surface area contributed by atoms with Crippen molar-refractivity contribution in [3.63, 3.8) is 0 Å². The molecule has 0 bridgehead atoms. The molecule has 1 N–H and O–H groups in total. The summed E-state index contributed by atoms with van der Waals surface area (Å²) in [6, 6.07) is 7.54. The summed E-state index contributed by atoms with van der Waals surface area (Å²) >= 11 is 6.49. The van der Waals surface area contributed by atoms with E-state index in [1.165, 1.54) is 24.1 Å². The van der Waals surface area contributed by atoms with Crippen LogP contribution in [0.2, 0.25) is 5.02 Å². The highest BCUT2D eigenvalue weighted by Gasteiger charge is 2.38. The Bertz CT molecular complexity index is 1160. The summed E-state index contributed by atoms with van der Waals surface area (Å²) < 4.78 is 11.3. The van der Waals surface area contributed by atoms with E-state index >= 15 is 0 Å². The van der Waals surface area contributed by atoms with E-state index in [1.807, 2.05) is 36.2 Å². The van der Waals surface area contributed by atoms with E-state index in [-0.39, 0.29) is 17.5 Å². The molecule has 0 saturated heterocycles. The van der Waals surface area contributed by atoms with Crippen molar-refractivity contribution >= 4 is 29.1 Å². The standard InChI is InChI=1S/C21H22ClN5O4/c1-26(17(12-8-9-12)14-6-4-5-7-15(14)22)21-25-16(18(30-3)20(29)27(21)2)19(28)24-13-10-23-31-11-13/h4-7,10-12,17H,8-9H2,1-3H3,(H,24,28). The number of carbonyl (C=O) groups is 1. The molecule has 10 heteroatoms. The first-order valence-corrected chi connectivity index (χ1v) is 10.1. The van der Waals surface area contributed by atoms with Gasteiger partial charge in [-0.15, -0.1) is 0 Å². The average Bonchev–Trinajstić information content (AvgIpc) is 3.46. The number of halogens is 1. The molecule has 31 heavy (non-hydrogen) atoms. The van der Waals surface area contributed by atoms with Crippen LogP contribution in [0.4, 0.5) is 11.6 Å². The van der Waals surface area contributed by atoms with Gasteiger partial charge in [0.1, 0.15) is 12.0 Å². The zero-order chi connectivity index (χ0) is 22.1. The lowest BCUT2D eigenvalue weighted by molar-refractivity contribution is 0.101. The molecule has 1 amide bonds. The monoisotopic (exact) mass is 443 g/mol. The second-order valence-electron chi connectivity index (χ2n) is 7.44. The predicted octanol–water partition coefficient (Wildman–Crippen LogP) is 3.27. The van der Waals surface area contributed by atoms with Gasteiger partial charge in [-0.05, 0) is 30.4 Å². The first-order valence-electron chi connectivity index (χ1n) is 9.75. The minimum Gasteiger partial charge on any atom is -0.489 e. The molecular formula is C21H22ClN5O4. The number of rotatable bonds is 7. The van der Waals surface area contributed by atoms with Gasteiger partial charge in [0.05, 0.1) is 19.3 Å². The number of methoxy groups -OCH3 is 1. The van der Waals surface area contributed by atoms with Crippen molar-refractivity contribution < 1.29 is 14.1 Å². The number of hydrogen-bond acceptors (Lipinski definition) is 7. The largest absolute Gasteiger partial charge is 0.489 e. The molecule has 1 atom stereocenters. The Hall–Kier alpha value is -3.33. The molecule has 3 aromatic rings. The molecule has 1 aliphatic rings. The molecule has 1 aliphatic carbocycles. The fraction of sp³-hybridized carbons (Fsp3) is 0.333.